The first-order valence-electron chi connectivity index (χ1n) is 9.02. The van der Waals surface area contributed by atoms with E-state index < -0.39 is 21.6 Å². The average Bonchev–Trinajstić information content (AvgIpc) is 2.74. The number of rotatable bonds is 8. The largest absolute Gasteiger partial charge is 0.485 e. The van der Waals surface area contributed by atoms with Crippen molar-refractivity contribution in [3.63, 3.8) is 0 Å². The number of ether oxygens (including phenoxy) is 1. The molecular weight excluding hydrogens is 393 g/mol. The first-order chi connectivity index (χ1) is 13.9. The van der Waals surface area contributed by atoms with Gasteiger partial charge in [-0.25, -0.2) is 12.8 Å². The summed E-state index contributed by atoms with van der Waals surface area (Å²) in [5.74, 6) is -0.791. The Morgan fingerprint density at radius 3 is 2.17 bits per heavy atom. The number of ketones is 1. The number of para-hydroxylation sites is 1. The lowest BCUT2D eigenvalue weighted by Crippen LogP contribution is -2.30. The standard InChI is InChI=1S/C22H20FNO4S/c1-2-24(17-8-4-3-5-9-17)29(26,27)19-14-12-18(13-15-19)28-16-22(25)20-10-6-7-11-21(20)23/h3-15H,2,16H2,1H3. The molecule has 0 aliphatic heterocycles. The van der Waals surface area contributed by atoms with E-state index in [4.69, 9.17) is 4.74 Å². The van der Waals surface area contributed by atoms with Crippen molar-refractivity contribution in [2.24, 2.45) is 0 Å². The summed E-state index contributed by atoms with van der Waals surface area (Å²) in [6.45, 7) is 1.69. The van der Waals surface area contributed by atoms with Crippen LogP contribution in [0.15, 0.2) is 83.8 Å². The second-order valence-electron chi connectivity index (χ2n) is 6.17. The lowest BCUT2D eigenvalue weighted by atomic mass is 10.1. The maximum atomic E-state index is 13.7. The molecule has 5 nitrogen and oxygen atoms in total. The predicted octanol–water partition coefficient (Wildman–Crippen LogP) is 4.30. The van der Waals surface area contributed by atoms with E-state index in [1.165, 1.54) is 46.8 Å². The van der Waals surface area contributed by atoms with E-state index in [0.29, 0.717) is 11.4 Å². The summed E-state index contributed by atoms with van der Waals surface area (Å²) >= 11 is 0. The van der Waals surface area contributed by atoms with E-state index in [9.17, 15) is 17.6 Å². The monoisotopic (exact) mass is 413 g/mol. The van der Waals surface area contributed by atoms with Gasteiger partial charge in [-0.2, -0.15) is 0 Å². The smallest absolute Gasteiger partial charge is 0.264 e. The van der Waals surface area contributed by atoms with Gasteiger partial charge in [-0.15, -0.1) is 0 Å². The van der Waals surface area contributed by atoms with Crippen molar-refractivity contribution in [3.05, 3.63) is 90.2 Å². The quantitative estimate of drug-likeness (QED) is 0.517. The molecule has 0 saturated heterocycles. The van der Waals surface area contributed by atoms with Crippen molar-refractivity contribution < 1.29 is 22.3 Å². The minimum absolute atomic E-state index is 0.0480. The van der Waals surface area contributed by atoms with Gasteiger partial charge in [0.2, 0.25) is 5.78 Å². The third kappa shape index (κ3) is 4.63. The number of Topliss-reactive ketones (excluding diaryl/α,β-unsaturated/α-hetero) is 1. The highest BCUT2D eigenvalue weighted by atomic mass is 32.2. The van der Waals surface area contributed by atoms with Crippen molar-refractivity contribution in [1.82, 2.24) is 0 Å². The lowest BCUT2D eigenvalue weighted by molar-refractivity contribution is 0.0917. The van der Waals surface area contributed by atoms with Crippen LogP contribution in [0, 0.1) is 5.82 Å². The molecule has 0 aliphatic rings. The highest BCUT2D eigenvalue weighted by Crippen LogP contribution is 2.24. The minimum Gasteiger partial charge on any atom is -0.485 e. The summed E-state index contributed by atoms with van der Waals surface area (Å²) in [5, 5.41) is 0. The van der Waals surface area contributed by atoms with Gasteiger partial charge in [-0.3, -0.25) is 9.10 Å². The number of carbonyl (C=O) groups is 1. The molecule has 3 aromatic carbocycles. The van der Waals surface area contributed by atoms with Crippen LogP contribution in [0.1, 0.15) is 17.3 Å². The molecular formula is C22H20FNO4S. The molecule has 0 amide bonds. The molecule has 29 heavy (non-hydrogen) atoms. The number of carbonyl (C=O) groups excluding carboxylic acids is 1. The second-order valence-corrected chi connectivity index (χ2v) is 8.03. The van der Waals surface area contributed by atoms with E-state index in [1.807, 2.05) is 6.07 Å². The number of sulfonamides is 1. The third-order valence-electron chi connectivity index (χ3n) is 4.29. The van der Waals surface area contributed by atoms with E-state index in [0.717, 1.165) is 0 Å². The Balaban J connectivity index is 1.72. The van der Waals surface area contributed by atoms with Crippen LogP contribution in [0.4, 0.5) is 10.1 Å². The summed E-state index contributed by atoms with van der Waals surface area (Å²) < 4.78 is 46.3. The zero-order chi connectivity index (χ0) is 20.9. The first-order valence-corrected chi connectivity index (χ1v) is 10.5. The van der Waals surface area contributed by atoms with Crippen molar-refractivity contribution in [2.45, 2.75) is 11.8 Å². The van der Waals surface area contributed by atoms with Crippen LogP contribution in [0.5, 0.6) is 5.75 Å². The summed E-state index contributed by atoms with van der Waals surface area (Å²) in [4.78, 5) is 12.2. The second kappa shape index (κ2) is 8.87. The van der Waals surface area contributed by atoms with Gasteiger partial charge in [-0.05, 0) is 55.5 Å². The van der Waals surface area contributed by atoms with Crippen LogP contribution in [-0.4, -0.2) is 27.4 Å². The van der Waals surface area contributed by atoms with E-state index >= 15 is 0 Å². The average molecular weight is 413 g/mol. The van der Waals surface area contributed by atoms with Crippen LogP contribution >= 0.6 is 0 Å². The number of hydrogen-bond acceptors (Lipinski definition) is 4. The van der Waals surface area contributed by atoms with E-state index in [2.05, 4.69) is 0 Å². The van der Waals surface area contributed by atoms with E-state index in [-0.39, 0.29) is 23.6 Å². The van der Waals surface area contributed by atoms with Crippen molar-refractivity contribution >= 4 is 21.5 Å². The van der Waals surface area contributed by atoms with E-state index in [1.54, 1.807) is 37.3 Å². The Kier molecular flexibility index (Phi) is 6.29. The summed E-state index contributed by atoms with van der Waals surface area (Å²) in [6.07, 6.45) is 0. The fourth-order valence-electron chi connectivity index (χ4n) is 2.83. The zero-order valence-corrected chi connectivity index (χ0v) is 16.6. The molecule has 0 N–H and O–H groups in total. The number of nitrogens with zero attached hydrogens (tertiary/aromatic N) is 1. The third-order valence-corrected chi connectivity index (χ3v) is 6.20. The highest BCUT2D eigenvalue weighted by molar-refractivity contribution is 7.92. The van der Waals surface area contributed by atoms with Gasteiger partial charge in [0.1, 0.15) is 11.6 Å². The number of benzene rings is 3. The molecule has 0 aliphatic carbocycles. The Hall–Kier alpha value is -3.19. The highest BCUT2D eigenvalue weighted by Gasteiger charge is 2.23. The molecule has 0 atom stereocenters. The van der Waals surface area contributed by atoms with Gasteiger partial charge in [0, 0.05) is 6.54 Å². The van der Waals surface area contributed by atoms with Crippen LogP contribution in [-0.2, 0) is 10.0 Å². The molecule has 0 spiro atoms. The zero-order valence-electron chi connectivity index (χ0n) is 15.8. The number of hydrogen-bond donors (Lipinski definition) is 0. The SMILES string of the molecule is CCN(c1ccccc1)S(=O)(=O)c1ccc(OCC(=O)c2ccccc2F)cc1. The maximum Gasteiger partial charge on any atom is 0.264 e. The van der Waals surface area contributed by atoms with Crippen LogP contribution < -0.4 is 9.04 Å². The minimum atomic E-state index is -3.74. The summed E-state index contributed by atoms with van der Waals surface area (Å²) in [6, 6.07) is 20.3. The molecule has 150 valence electrons. The molecule has 3 aromatic rings. The fourth-order valence-corrected chi connectivity index (χ4v) is 4.31. The fraction of sp³-hybridized carbons (Fsp3) is 0.136. The number of halogens is 1. The van der Waals surface area contributed by atoms with Gasteiger partial charge in [0.05, 0.1) is 16.1 Å². The summed E-state index contributed by atoms with van der Waals surface area (Å²) in [7, 11) is -3.74. The lowest BCUT2D eigenvalue weighted by Gasteiger charge is -2.23. The van der Waals surface area contributed by atoms with Crippen LogP contribution in [0.25, 0.3) is 0 Å². The molecule has 7 heteroatoms. The molecule has 3 rings (SSSR count). The van der Waals surface area contributed by atoms with Gasteiger partial charge in [0.25, 0.3) is 10.0 Å². The summed E-state index contributed by atoms with van der Waals surface area (Å²) in [5.41, 5.74) is 0.527. The van der Waals surface area contributed by atoms with Crippen LogP contribution in [0.3, 0.4) is 0 Å². The Morgan fingerprint density at radius 1 is 0.931 bits per heavy atom. The molecule has 0 heterocycles. The molecule has 0 aromatic heterocycles. The van der Waals surface area contributed by atoms with Gasteiger partial charge >= 0.3 is 0 Å². The molecule has 0 bridgehead atoms. The first kappa shape index (κ1) is 20.5. The predicted molar refractivity (Wildman–Crippen MR) is 109 cm³/mol. The van der Waals surface area contributed by atoms with Crippen molar-refractivity contribution in [1.29, 1.82) is 0 Å². The Bertz CT molecular complexity index is 1080. The number of anilines is 1. The van der Waals surface area contributed by atoms with Gasteiger partial charge in [0.15, 0.2) is 6.61 Å². The van der Waals surface area contributed by atoms with Crippen LogP contribution in [0.2, 0.25) is 0 Å². The maximum absolute atomic E-state index is 13.7. The van der Waals surface area contributed by atoms with Crippen molar-refractivity contribution in [3.8, 4) is 5.75 Å². The molecule has 0 saturated carbocycles. The molecule has 0 fully saturated rings. The van der Waals surface area contributed by atoms with Gasteiger partial charge in [-0.1, -0.05) is 30.3 Å². The molecule has 0 unspecified atom stereocenters. The Morgan fingerprint density at radius 2 is 1.55 bits per heavy atom. The topological polar surface area (TPSA) is 63.7 Å². The Labute approximate surface area is 169 Å². The molecule has 0 radical (unpaired) electrons. The van der Waals surface area contributed by atoms with Gasteiger partial charge < -0.3 is 4.74 Å². The normalized spacial score (nSPS) is 11.1. The van der Waals surface area contributed by atoms with Crippen molar-refractivity contribution in [2.75, 3.05) is 17.5 Å².